The normalized spacial score (nSPS) is 18.3. The highest BCUT2D eigenvalue weighted by atomic mass is 32.2. The van der Waals surface area contributed by atoms with Gasteiger partial charge in [-0.3, -0.25) is 0 Å². The van der Waals surface area contributed by atoms with Crippen molar-refractivity contribution in [1.82, 2.24) is 5.32 Å². The van der Waals surface area contributed by atoms with Crippen LogP contribution in [-0.4, -0.2) is 20.5 Å². The number of benzene rings is 2. The molecule has 1 atom stereocenters. The van der Waals surface area contributed by atoms with Crippen LogP contribution in [0.1, 0.15) is 16.4 Å². The molecule has 0 fully saturated rings. The summed E-state index contributed by atoms with van der Waals surface area (Å²) in [6.45, 7) is 1.22. The number of hydrogen-bond acceptors (Lipinski definition) is 5. The van der Waals surface area contributed by atoms with Gasteiger partial charge in [-0.15, -0.1) is 11.8 Å². The molecule has 0 bridgehead atoms. The van der Waals surface area contributed by atoms with Crippen molar-refractivity contribution in [3.05, 3.63) is 59.7 Å². The van der Waals surface area contributed by atoms with Crippen molar-refractivity contribution in [2.45, 2.75) is 22.2 Å². The molecule has 1 N–H and O–H groups in total. The van der Waals surface area contributed by atoms with Crippen molar-refractivity contribution in [1.29, 1.82) is 0 Å². The molecule has 1 unspecified atom stereocenters. The molecule has 0 aliphatic carbocycles. The fourth-order valence-electron chi connectivity index (χ4n) is 2.40. The summed E-state index contributed by atoms with van der Waals surface area (Å²) in [4.78, 5) is 0.689. The molecule has 25 heavy (non-hydrogen) atoms. The minimum absolute atomic E-state index is 0.0527. The molecule has 0 saturated heterocycles. The van der Waals surface area contributed by atoms with Gasteiger partial charge in [0, 0.05) is 23.2 Å². The van der Waals surface area contributed by atoms with Gasteiger partial charge in [0.25, 0.3) is 0 Å². The minimum Gasteiger partial charge on any atom is -0.376 e. The molecule has 0 radical (unpaired) electrons. The lowest BCUT2D eigenvalue weighted by Crippen LogP contribution is -2.28. The van der Waals surface area contributed by atoms with Crippen LogP contribution in [0.15, 0.2) is 53.4 Å². The van der Waals surface area contributed by atoms with Crippen LogP contribution in [0.5, 0.6) is 5.75 Å². The Morgan fingerprint density at radius 1 is 1.12 bits per heavy atom. The van der Waals surface area contributed by atoms with Crippen LogP contribution in [-0.2, 0) is 16.7 Å². The van der Waals surface area contributed by atoms with Gasteiger partial charge in [0.05, 0.1) is 0 Å². The average molecular weight is 389 g/mol. The molecule has 0 aromatic heterocycles. The highest BCUT2D eigenvalue weighted by Crippen LogP contribution is 2.40. The Morgan fingerprint density at radius 2 is 1.84 bits per heavy atom. The zero-order valence-electron chi connectivity index (χ0n) is 12.8. The topological polar surface area (TPSA) is 55.4 Å². The molecule has 134 valence electrons. The van der Waals surface area contributed by atoms with Crippen molar-refractivity contribution in [3.63, 3.8) is 0 Å². The summed E-state index contributed by atoms with van der Waals surface area (Å²) in [5, 5.41) is 3.34. The smallest absolute Gasteiger partial charge is 0.376 e. The molecule has 0 saturated carbocycles. The fourth-order valence-corrected chi connectivity index (χ4v) is 4.13. The second kappa shape index (κ2) is 6.89. The van der Waals surface area contributed by atoms with Crippen LogP contribution in [0.4, 0.5) is 13.2 Å². The van der Waals surface area contributed by atoms with E-state index in [2.05, 4.69) is 9.50 Å². The van der Waals surface area contributed by atoms with Crippen molar-refractivity contribution < 1.29 is 25.8 Å². The van der Waals surface area contributed by atoms with E-state index in [4.69, 9.17) is 0 Å². The fraction of sp³-hybridized carbons (Fsp3) is 0.250. The highest BCUT2D eigenvalue weighted by molar-refractivity contribution is 7.99. The number of hydrogen-bond donors (Lipinski definition) is 1. The van der Waals surface area contributed by atoms with Gasteiger partial charge < -0.3 is 9.50 Å². The maximum Gasteiger partial charge on any atom is 0.534 e. The minimum atomic E-state index is -5.68. The third-order valence-corrected chi connectivity index (χ3v) is 5.95. The molecule has 9 heteroatoms. The average Bonchev–Trinajstić information content (AvgIpc) is 2.76. The lowest BCUT2D eigenvalue weighted by molar-refractivity contribution is -0.0500. The summed E-state index contributed by atoms with van der Waals surface area (Å²) in [6, 6.07) is 13.8. The van der Waals surface area contributed by atoms with Crippen molar-refractivity contribution >= 4 is 21.9 Å². The quantitative estimate of drug-likeness (QED) is 0.638. The lowest BCUT2D eigenvalue weighted by Gasteiger charge is -2.15. The monoisotopic (exact) mass is 389 g/mol. The summed E-state index contributed by atoms with van der Waals surface area (Å²) in [7, 11) is -5.68. The predicted molar refractivity (Wildman–Crippen MR) is 88.8 cm³/mol. The van der Waals surface area contributed by atoms with Crippen molar-refractivity contribution in [2.24, 2.45) is 0 Å². The summed E-state index contributed by atoms with van der Waals surface area (Å²) >= 11 is 1.46. The lowest BCUT2D eigenvalue weighted by atomic mass is 10.1. The predicted octanol–water partition coefficient (Wildman–Crippen LogP) is 3.85. The molecule has 1 heterocycles. The van der Waals surface area contributed by atoms with E-state index in [0.717, 1.165) is 11.1 Å². The number of halogens is 3. The zero-order chi connectivity index (χ0) is 18.1. The molecule has 0 amide bonds. The first-order chi connectivity index (χ1) is 11.8. The zero-order valence-corrected chi connectivity index (χ0v) is 14.4. The Hall–Kier alpha value is -1.71. The SMILES string of the molecule is O=S(=O)(Oc1ccc2c(c1)SC(c1ccccc1)CNC2)C(F)(F)F. The van der Waals surface area contributed by atoms with Crippen LogP contribution in [0.2, 0.25) is 0 Å². The molecule has 2 aromatic carbocycles. The number of fused-ring (bicyclic) bond motifs is 1. The summed E-state index contributed by atoms with van der Waals surface area (Å²) in [5.41, 5.74) is -3.51. The molecule has 1 aliphatic heterocycles. The van der Waals surface area contributed by atoms with Gasteiger partial charge in [0.1, 0.15) is 5.75 Å². The van der Waals surface area contributed by atoms with Gasteiger partial charge in [-0.05, 0) is 23.3 Å². The van der Waals surface area contributed by atoms with Crippen LogP contribution >= 0.6 is 11.8 Å². The van der Waals surface area contributed by atoms with Crippen LogP contribution in [0.25, 0.3) is 0 Å². The van der Waals surface area contributed by atoms with Gasteiger partial charge in [-0.25, -0.2) is 0 Å². The van der Waals surface area contributed by atoms with E-state index in [9.17, 15) is 21.6 Å². The molecule has 3 rings (SSSR count). The van der Waals surface area contributed by atoms with Gasteiger partial charge in [-0.2, -0.15) is 21.6 Å². The van der Waals surface area contributed by atoms with E-state index >= 15 is 0 Å². The van der Waals surface area contributed by atoms with E-state index in [0.29, 0.717) is 18.0 Å². The number of nitrogens with one attached hydrogen (secondary N) is 1. The van der Waals surface area contributed by atoms with Crippen LogP contribution in [0.3, 0.4) is 0 Å². The third kappa shape index (κ3) is 4.10. The maximum atomic E-state index is 12.5. The maximum absolute atomic E-state index is 12.5. The summed E-state index contributed by atoms with van der Waals surface area (Å²) in [5.74, 6) is -0.350. The van der Waals surface area contributed by atoms with Gasteiger partial charge >= 0.3 is 15.6 Å². The van der Waals surface area contributed by atoms with E-state index in [1.54, 1.807) is 6.07 Å². The van der Waals surface area contributed by atoms with Crippen LogP contribution in [0, 0.1) is 0 Å². The Balaban J connectivity index is 1.88. The summed E-state index contributed by atoms with van der Waals surface area (Å²) in [6.07, 6.45) is 0. The molecule has 1 aliphatic rings. The number of alkyl halides is 3. The Morgan fingerprint density at radius 3 is 2.52 bits per heavy atom. The standard InChI is InChI=1S/C16H14F3NO3S2/c17-16(18,19)25(21,22)23-13-7-6-12-9-20-10-15(24-14(12)8-13)11-4-2-1-3-5-11/h1-8,15,20H,9-10H2. The van der Waals surface area contributed by atoms with E-state index in [1.807, 2.05) is 30.3 Å². The number of thioether (sulfide) groups is 1. The van der Waals surface area contributed by atoms with E-state index in [1.165, 1.54) is 23.9 Å². The molecular formula is C16H14F3NO3S2. The van der Waals surface area contributed by atoms with E-state index in [-0.39, 0.29) is 11.0 Å². The Bertz CT molecular complexity index is 855. The van der Waals surface area contributed by atoms with Crippen molar-refractivity contribution in [3.8, 4) is 5.75 Å². The number of rotatable bonds is 3. The van der Waals surface area contributed by atoms with Gasteiger partial charge in [0.15, 0.2) is 0 Å². The molecule has 0 spiro atoms. The van der Waals surface area contributed by atoms with Crippen LogP contribution < -0.4 is 9.50 Å². The Labute approximate surface area is 147 Å². The third-order valence-electron chi connectivity index (χ3n) is 3.61. The molecule has 2 aromatic rings. The largest absolute Gasteiger partial charge is 0.534 e. The highest BCUT2D eigenvalue weighted by Gasteiger charge is 2.48. The Kier molecular flexibility index (Phi) is 4.99. The van der Waals surface area contributed by atoms with E-state index < -0.39 is 15.6 Å². The molecular weight excluding hydrogens is 375 g/mol. The molecule has 4 nitrogen and oxygen atoms in total. The van der Waals surface area contributed by atoms with Gasteiger partial charge in [-0.1, -0.05) is 36.4 Å². The van der Waals surface area contributed by atoms with Gasteiger partial charge in [0.2, 0.25) is 0 Å². The second-order valence-electron chi connectivity index (χ2n) is 5.40. The first-order valence-electron chi connectivity index (χ1n) is 7.32. The summed E-state index contributed by atoms with van der Waals surface area (Å²) < 4.78 is 64.0. The van der Waals surface area contributed by atoms with Crippen molar-refractivity contribution in [2.75, 3.05) is 6.54 Å². The first-order valence-corrected chi connectivity index (χ1v) is 9.61. The second-order valence-corrected chi connectivity index (χ2v) is 8.18. The first kappa shape index (κ1) is 18.1.